The molecular weight excluding hydrogens is 346 g/mol. The first-order valence-electron chi connectivity index (χ1n) is 8.89. The number of hydrogen-bond acceptors (Lipinski definition) is 5. The largest absolute Gasteiger partial charge is 0.383 e. The summed E-state index contributed by atoms with van der Waals surface area (Å²) in [4.78, 5) is 16.7. The number of benzene rings is 2. The van der Waals surface area contributed by atoms with Crippen LogP contribution in [0.5, 0.6) is 0 Å². The highest BCUT2D eigenvalue weighted by Gasteiger charge is 2.09. The molecule has 4 rings (SSSR count). The number of fused-ring (bicyclic) bond motifs is 2. The lowest BCUT2D eigenvalue weighted by Gasteiger charge is -2.10. The highest BCUT2D eigenvalue weighted by molar-refractivity contribution is 5.97. The number of rotatable bonds is 4. The molecule has 0 saturated heterocycles. The molecule has 0 unspecified atom stereocenters. The van der Waals surface area contributed by atoms with Gasteiger partial charge in [0.25, 0.3) is 0 Å². The second-order valence-corrected chi connectivity index (χ2v) is 6.32. The smallest absolute Gasteiger partial charge is 0.134 e. The molecule has 5 heteroatoms. The first-order valence-corrected chi connectivity index (χ1v) is 8.89. The minimum Gasteiger partial charge on any atom is -0.383 e. The fourth-order valence-corrected chi connectivity index (χ4v) is 3.31. The van der Waals surface area contributed by atoms with E-state index in [-0.39, 0.29) is 0 Å². The summed E-state index contributed by atoms with van der Waals surface area (Å²) < 4.78 is 0. The van der Waals surface area contributed by atoms with Crippen LogP contribution >= 0.6 is 0 Å². The predicted molar refractivity (Wildman–Crippen MR) is 117 cm³/mol. The van der Waals surface area contributed by atoms with Gasteiger partial charge in [-0.3, -0.25) is 9.98 Å². The number of aliphatic imine (C=N–C) groups is 1. The zero-order chi connectivity index (χ0) is 19.5. The van der Waals surface area contributed by atoms with Crippen LogP contribution in [0.1, 0.15) is 12.5 Å². The van der Waals surface area contributed by atoms with Crippen molar-refractivity contribution < 1.29 is 0 Å². The first-order chi connectivity index (χ1) is 13.7. The van der Waals surface area contributed by atoms with Crippen LogP contribution in [0.3, 0.4) is 0 Å². The Morgan fingerprint density at radius 1 is 0.964 bits per heavy atom. The Morgan fingerprint density at radius 2 is 1.68 bits per heavy atom. The summed E-state index contributed by atoms with van der Waals surface area (Å²) in [6.07, 6.45) is 9.00. The van der Waals surface area contributed by atoms with Crippen molar-refractivity contribution >= 4 is 39.9 Å². The zero-order valence-corrected chi connectivity index (χ0v) is 15.5. The topological polar surface area (TPSA) is 77.0 Å². The number of allylic oxidation sites excluding steroid dienone is 3. The molecule has 28 heavy (non-hydrogen) atoms. The Kier molecular flexibility index (Phi) is 4.64. The summed E-state index contributed by atoms with van der Waals surface area (Å²) in [6.45, 7) is 5.52. The Hall–Kier alpha value is -3.86. The van der Waals surface area contributed by atoms with E-state index < -0.39 is 0 Å². The Balaban J connectivity index is 1.90. The Morgan fingerprint density at radius 3 is 2.39 bits per heavy atom. The van der Waals surface area contributed by atoms with Gasteiger partial charge < -0.3 is 5.73 Å². The lowest BCUT2D eigenvalue weighted by molar-refractivity contribution is 1.23. The second kappa shape index (κ2) is 7.40. The van der Waals surface area contributed by atoms with Crippen LogP contribution < -0.4 is 5.73 Å². The maximum atomic E-state index is 6.03. The molecule has 0 atom stereocenters. The molecule has 0 aliphatic rings. The molecule has 0 amide bonds. The molecule has 0 aliphatic carbocycles. The van der Waals surface area contributed by atoms with Crippen LogP contribution in [-0.4, -0.2) is 21.7 Å². The first kappa shape index (κ1) is 17.5. The quantitative estimate of drug-likeness (QED) is 0.406. The highest BCUT2D eigenvalue weighted by Crippen LogP contribution is 2.31. The third kappa shape index (κ3) is 3.14. The summed E-state index contributed by atoms with van der Waals surface area (Å²) in [7, 11) is 0. The molecule has 2 aromatic heterocycles. The minimum absolute atomic E-state index is 0.480. The van der Waals surface area contributed by atoms with Crippen molar-refractivity contribution in [3.05, 3.63) is 78.9 Å². The van der Waals surface area contributed by atoms with E-state index >= 15 is 0 Å². The lowest BCUT2D eigenvalue weighted by atomic mass is 9.96. The monoisotopic (exact) mass is 365 g/mol. The molecule has 0 bridgehead atoms. The standard InChI is InChI=1S/C23H19N5/c1-3-15(8-10-25-2)18-9-11-26-21-6-4-16(12-19(18)21)17-5-7-22-20(13-17)23(24)28-14-27-22/h3-14H,2H2,1H3,(H2,24,27,28)/b10-8-,15-3+. The van der Waals surface area contributed by atoms with Crippen molar-refractivity contribution in [3.63, 3.8) is 0 Å². The van der Waals surface area contributed by atoms with Gasteiger partial charge in [-0.05, 0) is 72.3 Å². The molecular formula is C23H19N5. The third-order valence-corrected chi connectivity index (χ3v) is 4.72. The molecule has 0 fully saturated rings. The van der Waals surface area contributed by atoms with E-state index in [2.05, 4.69) is 44.9 Å². The number of aromatic nitrogens is 3. The molecule has 2 N–H and O–H groups in total. The zero-order valence-electron chi connectivity index (χ0n) is 15.5. The summed E-state index contributed by atoms with van der Waals surface area (Å²) in [6, 6.07) is 14.3. The summed E-state index contributed by atoms with van der Waals surface area (Å²) in [5.74, 6) is 0.480. The van der Waals surface area contributed by atoms with Gasteiger partial charge in [0.05, 0.1) is 11.0 Å². The van der Waals surface area contributed by atoms with E-state index in [1.165, 1.54) is 6.33 Å². The normalized spacial score (nSPS) is 12.1. The van der Waals surface area contributed by atoms with Gasteiger partial charge in [-0.2, -0.15) is 0 Å². The molecule has 0 aliphatic heterocycles. The Labute approximate surface area is 163 Å². The van der Waals surface area contributed by atoms with Gasteiger partial charge in [-0.1, -0.05) is 18.2 Å². The molecule has 2 aromatic carbocycles. The van der Waals surface area contributed by atoms with Crippen molar-refractivity contribution in [2.75, 3.05) is 5.73 Å². The maximum Gasteiger partial charge on any atom is 0.134 e. The van der Waals surface area contributed by atoms with Gasteiger partial charge in [-0.15, -0.1) is 0 Å². The summed E-state index contributed by atoms with van der Waals surface area (Å²) in [5, 5.41) is 1.92. The van der Waals surface area contributed by atoms with E-state index in [4.69, 9.17) is 5.73 Å². The SMILES string of the molecule is C=N/C=C\C(=C/C)c1ccnc2ccc(-c3ccc4ncnc(N)c4c3)cc12. The average molecular weight is 365 g/mol. The van der Waals surface area contributed by atoms with Gasteiger partial charge >= 0.3 is 0 Å². The Bertz CT molecular complexity index is 1250. The van der Waals surface area contributed by atoms with Gasteiger partial charge in [-0.25, -0.2) is 9.97 Å². The van der Waals surface area contributed by atoms with Crippen molar-refractivity contribution in [1.82, 2.24) is 15.0 Å². The van der Waals surface area contributed by atoms with Crippen LogP contribution in [0, 0.1) is 0 Å². The average Bonchev–Trinajstić information content (AvgIpc) is 2.74. The number of pyridine rings is 1. The van der Waals surface area contributed by atoms with Gasteiger partial charge in [0.2, 0.25) is 0 Å². The van der Waals surface area contributed by atoms with Gasteiger partial charge in [0, 0.05) is 23.2 Å². The number of nitrogens with two attached hydrogens (primary N) is 1. The van der Waals surface area contributed by atoms with E-state index in [0.29, 0.717) is 5.82 Å². The van der Waals surface area contributed by atoms with Crippen LogP contribution in [0.2, 0.25) is 0 Å². The van der Waals surface area contributed by atoms with Crippen molar-refractivity contribution in [1.29, 1.82) is 0 Å². The van der Waals surface area contributed by atoms with Crippen LogP contribution in [0.4, 0.5) is 5.82 Å². The van der Waals surface area contributed by atoms with Crippen LogP contribution in [0.25, 0.3) is 38.5 Å². The van der Waals surface area contributed by atoms with Crippen molar-refractivity contribution in [2.24, 2.45) is 4.99 Å². The van der Waals surface area contributed by atoms with E-state index in [1.54, 1.807) is 6.20 Å². The fraction of sp³-hybridized carbons (Fsp3) is 0.0435. The summed E-state index contributed by atoms with van der Waals surface area (Å²) >= 11 is 0. The van der Waals surface area contributed by atoms with Gasteiger partial charge in [0.1, 0.15) is 12.1 Å². The maximum absolute atomic E-state index is 6.03. The molecule has 5 nitrogen and oxygen atoms in total. The number of nitrogens with zero attached hydrogens (tertiary/aromatic N) is 4. The molecule has 0 saturated carbocycles. The number of anilines is 1. The van der Waals surface area contributed by atoms with Gasteiger partial charge in [0.15, 0.2) is 0 Å². The number of nitrogen functional groups attached to an aromatic ring is 1. The molecule has 0 radical (unpaired) electrons. The van der Waals surface area contributed by atoms with E-state index in [1.807, 2.05) is 49.5 Å². The van der Waals surface area contributed by atoms with E-state index in [9.17, 15) is 0 Å². The van der Waals surface area contributed by atoms with Crippen molar-refractivity contribution in [3.8, 4) is 11.1 Å². The lowest BCUT2D eigenvalue weighted by Crippen LogP contribution is -1.93. The molecule has 136 valence electrons. The van der Waals surface area contributed by atoms with Crippen LogP contribution in [-0.2, 0) is 0 Å². The van der Waals surface area contributed by atoms with Crippen molar-refractivity contribution in [2.45, 2.75) is 6.92 Å². The highest BCUT2D eigenvalue weighted by atomic mass is 14.9. The molecule has 4 aromatic rings. The predicted octanol–water partition coefficient (Wildman–Crippen LogP) is 5.04. The summed E-state index contributed by atoms with van der Waals surface area (Å²) in [5.41, 5.74) is 12.1. The fourth-order valence-electron chi connectivity index (χ4n) is 3.31. The van der Waals surface area contributed by atoms with Crippen LogP contribution in [0.15, 0.2) is 78.3 Å². The van der Waals surface area contributed by atoms with E-state index in [0.717, 1.165) is 44.1 Å². The molecule has 0 spiro atoms. The minimum atomic E-state index is 0.480. The second-order valence-electron chi connectivity index (χ2n) is 6.32. The number of hydrogen-bond donors (Lipinski definition) is 1. The third-order valence-electron chi connectivity index (χ3n) is 4.72. The molecule has 2 heterocycles.